The van der Waals surface area contributed by atoms with Crippen LogP contribution in [0.15, 0.2) is 85.2 Å². The SMILES string of the molecule is Nc1ccc(C#Cc2ccccn2)c(Cl)c1.Nc1ccc(CCc2ccccn2)c(Cl)c1. The molecule has 160 valence electrons. The van der Waals surface area contributed by atoms with Gasteiger partial charge in [0, 0.05) is 40.0 Å². The van der Waals surface area contributed by atoms with Crippen LogP contribution < -0.4 is 11.5 Å². The van der Waals surface area contributed by atoms with Crippen LogP contribution in [0.5, 0.6) is 0 Å². The molecule has 4 aromatic rings. The monoisotopic (exact) mass is 460 g/mol. The van der Waals surface area contributed by atoms with Crippen molar-refractivity contribution in [3.63, 3.8) is 0 Å². The molecule has 4 N–H and O–H groups in total. The van der Waals surface area contributed by atoms with E-state index in [4.69, 9.17) is 34.7 Å². The third-order valence-corrected chi connectivity index (χ3v) is 5.10. The Hall–Kier alpha value is -3.52. The fourth-order valence-corrected chi connectivity index (χ4v) is 3.30. The maximum absolute atomic E-state index is 6.10. The molecule has 4 nitrogen and oxygen atoms in total. The maximum atomic E-state index is 6.10. The first-order valence-electron chi connectivity index (χ1n) is 9.93. The van der Waals surface area contributed by atoms with Gasteiger partial charge < -0.3 is 11.5 Å². The van der Waals surface area contributed by atoms with Crippen molar-refractivity contribution in [2.75, 3.05) is 11.5 Å². The van der Waals surface area contributed by atoms with E-state index in [0.717, 1.165) is 40.4 Å². The first kappa shape index (κ1) is 23.1. The van der Waals surface area contributed by atoms with E-state index >= 15 is 0 Å². The third-order valence-electron chi connectivity index (χ3n) is 4.44. The molecule has 4 rings (SSSR count). The smallest absolute Gasteiger partial charge is 0.113 e. The third kappa shape index (κ3) is 7.31. The lowest BCUT2D eigenvalue weighted by Crippen LogP contribution is -1.95. The predicted molar refractivity (Wildman–Crippen MR) is 134 cm³/mol. The molecule has 2 heterocycles. The van der Waals surface area contributed by atoms with Gasteiger partial charge in [-0.2, -0.15) is 0 Å². The van der Waals surface area contributed by atoms with E-state index < -0.39 is 0 Å². The second-order valence-corrected chi connectivity index (χ2v) is 7.69. The lowest BCUT2D eigenvalue weighted by Gasteiger charge is -2.04. The van der Waals surface area contributed by atoms with Crippen molar-refractivity contribution < 1.29 is 0 Å². The van der Waals surface area contributed by atoms with Gasteiger partial charge in [0.2, 0.25) is 0 Å². The van der Waals surface area contributed by atoms with Gasteiger partial charge >= 0.3 is 0 Å². The topological polar surface area (TPSA) is 77.8 Å². The zero-order valence-electron chi connectivity index (χ0n) is 17.3. The van der Waals surface area contributed by atoms with E-state index in [1.165, 1.54) is 0 Å². The first-order chi connectivity index (χ1) is 15.5. The van der Waals surface area contributed by atoms with Crippen LogP contribution in [0, 0.1) is 11.8 Å². The van der Waals surface area contributed by atoms with E-state index in [1.807, 2.05) is 48.5 Å². The minimum absolute atomic E-state index is 0.559. The van der Waals surface area contributed by atoms with Gasteiger partial charge in [-0.1, -0.05) is 47.3 Å². The highest BCUT2D eigenvalue weighted by Gasteiger charge is 2.02. The van der Waals surface area contributed by atoms with Gasteiger partial charge in [0.25, 0.3) is 0 Å². The number of anilines is 2. The number of nitrogens with two attached hydrogens (primary N) is 2. The minimum Gasteiger partial charge on any atom is -0.399 e. The number of nitrogens with zero attached hydrogens (tertiary/aromatic N) is 2. The van der Waals surface area contributed by atoms with E-state index in [2.05, 4.69) is 21.8 Å². The molecule has 0 saturated heterocycles. The molecule has 2 aromatic heterocycles. The summed E-state index contributed by atoms with van der Waals surface area (Å²) >= 11 is 12.1. The van der Waals surface area contributed by atoms with Crippen LogP contribution in [0.4, 0.5) is 11.4 Å². The van der Waals surface area contributed by atoms with E-state index in [-0.39, 0.29) is 0 Å². The molecule has 0 spiro atoms. The summed E-state index contributed by atoms with van der Waals surface area (Å²) in [6.07, 6.45) is 5.29. The Morgan fingerprint density at radius 1 is 0.688 bits per heavy atom. The molecule has 0 saturated carbocycles. The van der Waals surface area contributed by atoms with Gasteiger partial charge in [0.1, 0.15) is 5.69 Å². The lowest BCUT2D eigenvalue weighted by atomic mass is 10.1. The predicted octanol–water partition coefficient (Wildman–Crippen LogP) is 5.82. The summed E-state index contributed by atoms with van der Waals surface area (Å²) in [7, 11) is 0. The maximum Gasteiger partial charge on any atom is 0.113 e. The van der Waals surface area contributed by atoms with Gasteiger partial charge in [-0.25, -0.2) is 4.98 Å². The van der Waals surface area contributed by atoms with E-state index in [9.17, 15) is 0 Å². The largest absolute Gasteiger partial charge is 0.399 e. The number of halogens is 2. The molecule has 0 unspecified atom stereocenters. The van der Waals surface area contributed by atoms with Crippen molar-refractivity contribution in [1.82, 2.24) is 9.97 Å². The molecular weight excluding hydrogens is 439 g/mol. The van der Waals surface area contributed by atoms with Crippen LogP contribution in [-0.2, 0) is 12.8 Å². The minimum atomic E-state index is 0.559. The fraction of sp³-hybridized carbons (Fsp3) is 0.0769. The average molecular weight is 461 g/mol. The van der Waals surface area contributed by atoms with Crippen molar-refractivity contribution in [3.8, 4) is 11.8 Å². The molecule has 0 radical (unpaired) electrons. The summed E-state index contributed by atoms with van der Waals surface area (Å²) in [6.45, 7) is 0. The van der Waals surface area contributed by atoms with Crippen molar-refractivity contribution >= 4 is 34.6 Å². The average Bonchev–Trinajstić information content (AvgIpc) is 2.80. The van der Waals surface area contributed by atoms with Crippen LogP contribution in [-0.4, -0.2) is 9.97 Å². The summed E-state index contributed by atoms with van der Waals surface area (Å²) < 4.78 is 0. The van der Waals surface area contributed by atoms with Crippen LogP contribution >= 0.6 is 23.2 Å². The number of hydrogen-bond donors (Lipinski definition) is 2. The zero-order valence-corrected chi connectivity index (χ0v) is 18.8. The quantitative estimate of drug-likeness (QED) is 0.298. The molecule has 0 amide bonds. The molecule has 0 aliphatic carbocycles. The van der Waals surface area contributed by atoms with Crippen molar-refractivity contribution in [1.29, 1.82) is 0 Å². The number of benzene rings is 2. The highest BCUT2D eigenvalue weighted by atomic mass is 35.5. The summed E-state index contributed by atoms with van der Waals surface area (Å²) in [5.41, 5.74) is 16.2. The highest BCUT2D eigenvalue weighted by molar-refractivity contribution is 6.32. The number of aryl methyl sites for hydroxylation is 2. The second kappa shape index (κ2) is 11.8. The Bertz CT molecular complexity index is 1220. The Balaban J connectivity index is 0.000000181. The molecule has 2 aromatic carbocycles. The summed E-state index contributed by atoms with van der Waals surface area (Å²) in [6, 6.07) is 22.4. The normalized spacial score (nSPS) is 9.81. The Morgan fingerprint density at radius 2 is 1.38 bits per heavy atom. The fourth-order valence-electron chi connectivity index (χ4n) is 2.78. The van der Waals surface area contributed by atoms with Crippen LogP contribution in [0.25, 0.3) is 0 Å². The van der Waals surface area contributed by atoms with Crippen molar-refractivity contribution in [3.05, 3.63) is 118 Å². The highest BCUT2D eigenvalue weighted by Crippen LogP contribution is 2.20. The van der Waals surface area contributed by atoms with Crippen LogP contribution in [0.2, 0.25) is 10.0 Å². The molecule has 0 bridgehead atoms. The first-order valence-corrected chi connectivity index (χ1v) is 10.7. The molecular formula is C26H22Cl2N4. The molecule has 0 aliphatic heterocycles. The Labute approximate surface area is 198 Å². The summed E-state index contributed by atoms with van der Waals surface area (Å²) in [5.74, 6) is 5.89. The van der Waals surface area contributed by atoms with Gasteiger partial charge in [-0.05, 0) is 78.9 Å². The zero-order chi connectivity index (χ0) is 22.8. The molecule has 0 aliphatic rings. The van der Waals surface area contributed by atoms with Crippen molar-refractivity contribution in [2.24, 2.45) is 0 Å². The summed E-state index contributed by atoms with van der Waals surface area (Å²) in [4.78, 5) is 8.37. The van der Waals surface area contributed by atoms with Crippen LogP contribution in [0.3, 0.4) is 0 Å². The van der Waals surface area contributed by atoms with E-state index in [0.29, 0.717) is 16.4 Å². The number of rotatable bonds is 3. The molecule has 0 atom stereocenters. The van der Waals surface area contributed by atoms with Gasteiger partial charge in [0.05, 0.1) is 5.02 Å². The number of nitrogen functional groups attached to an aromatic ring is 2. The van der Waals surface area contributed by atoms with E-state index in [1.54, 1.807) is 36.7 Å². The van der Waals surface area contributed by atoms with Gasteiger partial charge in [-0.3, -0.25) is 4.98 Å². The second-order valence-electron chi connectivity index (χ2n) is 6.88. The standard InChI is InChI=1S/C13H13ClN2.C13H9ClN2/c2*14-13-9-11(15)6-4-10(13)5-7-12-3-1-2-8-16-12/h1-4,6,8-9H,5,7,15H2;1-4,6,8-9H,15H2. The number of aromatic nitrogens is 2. The van der Waals surface area contributed by atoms with Crippen molar-refractivity contribution in [2.45, 2.75) is 12.8 Å². The summed E-state index contributed by atoms with van der Waals surface area (Å²) in [5, 5.41) is 1.29. The molecule has 32 heavy (non-hydrogen) atoms. The molecule has 6 heteroatoms. The van der Waals surface area contributed by atoms with Gasteiger partial charge in [0.15, 0.2) is 0 Å². The van der Waals surface area contributed by atoms with Gasteiger partial charge in [-0.15, -0.1) is 0 Å². The Kier molecular flexibility index (Phi) is 8.51. The lowest BCUT2D eigenvalue weighted by molar-refractivity contribution is 0.914. The number of pyridine rings is 2. The Morgan fingerprint density at radius 3 is 2.00 bits per heavy atom. The van der Waals surface area contributed by atoms with Crippen LogP contribution in [0.1, 0.15) is 22.5 Å². The number of hydrogen-bond acceptors (Lipinski definition) is 4. The molecule has 0 fully saturated rings.